The number of anilines is 1. The van der Waals surface area contributed by atoms with Crippen molar-refractivity contribution in [3.8, 4) is 0 Å². The summed E-state index contributed by atoms with van der Waals surface area (Å²) >= 11 is 0. The van der Waals surface area contributed by atoms with Crippen molar-refractivity contribution in [2.45, 2.75) is 111 Å². The lowest BCUT2D eigenvalue weighted by molar-refractivity contribution is 0.404. The lowest BCUT2D eigenvalue weighted by atomic mass is 9.71. The molecule has 44 heavy (non-hydrogen) atoms. The monoisotopic (exact) mass is 587 g/mol. The van der Waals surface area contributed by atoms with Gasteiger partial charge >= 0.3 is 0 Å². The lowest BCUT2D eigenvalue weighted by Gasteiger charge is -2.33. The van der Waals surface area contributed by atoms with Crippen molar-refractivity contribution in [3.05, 3.63) is 110 Å². The maximum Gasteiger partial charge on any atom is 0.0456 e. The lowest BCUT2D eigenvalue weighted by Crippen LogP contribution is -2.40. The van der Waals surface area contributed by atoms with Crippen LogP contribution in [0, 0.1) is 12.8 Å². The molecule has 0 fully saturated rings. The molecular formula is C43H57N. The van der Waals surface area contributed by atoms with Gasteiger partial charge in [0.05, 0.1) is 0 Å². The molecule has 234 valence electrons. The number of benzene rings is 2. The van der Waals surface area contributed by atoms with Crippen LogP contribution in [0.5, 0.6) is 0 Å². The SMILES string of the molecule is C=c1ccc2c(/c1=C/CC)C(C)(C)/C(=C/C=C/C=C/C=C/C(C)C(C)(C)c1c(C)ccc3c1=CCCC=3)N2CCCCCC. The number of aryl methyl sites for hydroxylation is 1. The molecule has 0 N–H and O–H groups in total. The number of rotatable bonds is 12. The fraction of sp³-hybridized carbons (Fsp3) is 0.442. The molecule has 0 radical (unpaired) electrons. The maximum absolute atomic E-state index is 4.39. The van der Waals surface area contributed by atoms with Crippen molar-refractivity contribution in [2.75, 3.05) is 11.4 Å². The van der Waals surface area contributed by atoms with Crippen LogP contribution in [0.4, 0.5) is 5.69 Å². The molecule has 2 aromatic rings. The average molecular weight is 588 g/mol. The Labute approximate surface area is 268 Å². The largest absolute Gasteiger partial charge is 0.344 e. The van der Waals surface area contributed by atoms with Crippen molar-refractivity contribution in [1.82, 2.24) is 0 Å². The van der Waals surface area contributed by atoms with E-state index in [0.29, 0.717) is 5.92 Å². The summed E-state index contributed by atoms with van der Waals surface area (Å²) in [4.78, 5) is 2.58. The van der Waals surface area contributed by atoms with Gasteiger partial charge in [-0.25, -0.2) is 0 Å². The third-order valence-electron chi connectivity index (χ3n) is 10.1. The van der Waals surface area contributed by atoms with E-state index in [4.69, 9.17) is 0 Å². The highest BCUT2D eigenvalue weighted by molar-refractivity contribution is 5.72. The molecule has 0 spiro atoms. The first-order valence-electron chi connectivity index (χ1n) is 17.2. The number of nitrogens with zero attached hydrogens (tertiary/aromatic N) is 1. The van der Waals surface area contributed by atoms with Crippen LogP contribution < -0.4 is 25.8 Å². The molecule has 1 atom stereocenters. The molecule has 1 aliphatic heterocycles. The number of hydrogen-bond acceptors (Lipinski definition) is 1. The zero-order chi connectivity index (χ0) is 31.9. The van der Waals surface area contributed by atoms with Crippen LogP contribution in [0.25, 0.3) is 24.8 Å². The van der Waals surface area contributed by atoms with E-state index >= 15 is 0 Å². The van der Waals surface area contributed by atoms with E-state index in [1.165, 1.54) is 69.4 Å². The Kier molecular flexibility index (Phi) is 11.2. The minimum atomic E-state index is -0.0757. The molecule has 0 aromatic heterocycles. The van der Waals surface area contributed by atoms with Gasteiger partial charge in [-0.05, 0) is 93.6 Å². The smallest absolute Gasteiger partial charge is 0.0456 e. The molecule has 1 heterocycles. The van der Waals surface area contributed by atoms with E-state index in [2.05, 4.69) is 152 Å². The first-order valence-corrected chi connectivity index (χ1v) is 17.2. The molecule has 2 aromatic carbocycles. The average Bonchev–Trinajstić information content (AvgIpc) is 3.21. The Morgan fingerprint density at radius 2 is 1.66 bits per heavy atom. The Morgan fingerprint density at radius 1 is 0.932 bits per heavy atom. The Bertz CT molecular complexity index is 1670. The number of fused-ring (bicyclic) bond motifs is 2. The van der Waals surface area contributed by atoms with Gasteiger partial charge in [0.2, 0.25) is 0 Å². The summed E-state index contributed by atoms with van der Waals surface area (Å²) in [5, 5.41) is 5.31. The number of unbranched alkanes of at least 4 members (excludes halogenated alkanes) is 3. The quantitative estimate of drug-likeness (QED) is 0.177. The fourth-order valence-electron chi connectivity index (χ4n) is 7.30. The molecule has 1 nitrogen and oxygen atoms in total. The van der Waals surface area contributed by atoms with Crippen molar-refractivity contribution in [1.29, 1.82) is 0 Å². The van der Waals surface area contributed by atoms with Crippen LogP contribution in [0.3, 0.4) is 0 Å². The van der Waals surface area contributed by atoms with E-state index in [9.17, 15) is 0 Å². The van der Waals surface area contributed by atoms with E-state index in [-0.39, 0.29) is 10.8 Å². The first kappa shape index (κ1) is 33.6. The predicted molar refractivity (Wildman–Crippen MR) is 197 cm³/mol. The van der Waals surface area contributed by atoms with Crippen molar-refractivity contribution in [2.24, 2.45) is 5.92 Å². The molecular weight excluding hydrogens is 530 g/mol. The van der Waals surface area contributed by atoms with E-state index < -0.39 is 0 Å². The second kappa shape index (κ2) is 14.6. The standard InChI is InChI=1S/C43H57N/c1-10-12-13-21-31-44-38-30-28-32(3)36(22-11-2)41(38)43(8,9)39(44)26-18-16-14-15-17-23-34(5)42(6,7)40-33(4)27-29-35-24-19-20-25-37(35)40/h14-18,22-30,34H,3,10-13,19-21,31H2,1-2,4-9H3/b15-14+,18-16+,23-17+,36-22+,39-26-. The van der Waals surface area contributed by atoms with Gasteiger partial charge in [-0.15, -0.1) is 0 Å². The highest BCUT2D eigenvalue weighted by atomic mass is 15.2. The highest BCUT2D eigenvalue weighted by Crippen LogP contribution is 2.45. The zero-order valence-electron chi connectivity index (χ0n) is 29.0. The minimum Gasteiger partial charge on any atom is -0.344 e. The van der Waals surface area contributed by atoms with Crippen LogP contribution in [-0.2, 0) is 10.8 Å². The third-order valence-corrected chi connectivity index (χ3v) is 10.1. The molecule has 1 heteroatoms. The second-order valence-corrected chi connectivity index (χ2v) is 13.9. The van der Waals surface area contributed by atoms with Gasteiger partial charge in [0.15, 0.2) is 0 Å². The summed E-state index contributed by atoms with van der Waals surface area (Å²) in [6.07, 6.45) is 31.2. The van der Waals surface area contributed by atoms with Gasteiger partial charge in [0.1, 0.15) is 0 Å². The van der Waals surface area contributed by atoms with Gasteiger partial charge in [0.25, 0.3) is 0 Å². The van der Waals surface area contributed by atoms with E-state index in [1.807, 2.05) is 0 Å². The van der Waals surface area contributed by atoms with Gasteiger partial charge in [0, 0.05) is 23.3 Å². The van der Waals surface area contributed by atoms with Gasteiger partial charge in [-0.2, -0.15) is 0 Å². The topological polar surface area (TPSA) is 3.24 Å². The van der Waals surface area contributed by atoms with Crippen molar-refractivity contribution >= 4 is 30.5 Å². The first-order chi connectivity index (χ1) is 21.1. The van der Waals surface area contributed by atoms with Crippen LogP contribution in [0.1, 0.15) is 110 Å². The number of hydrogen-bond donors (Lipinski definition) is 0. The highest BCUT2D eigenvalue weighted by Gasteiger charge is 2.40. The van der Waals surface area contributed by atoms with Crippen molar-refractivity contribution < 1.29 is 0 Å². The molecule has 1 aliphatic carbocycles. The molecule has 0 bridgehead atoms. The van der Waals surface area contributed by atoms with E-state index in [1.54, 1.807) is 0 Å². The third kappa shape index (κ3) is 6.98. The summed E-state index contributed by atoms with van der Waals surface area (Å²) in [6.45, 7) is 24.1. The van der Waals surface area contributed by atoms with Crippen LogP contribution in [0.15, 0.2) is 72.5 Å². The Hall–Kier alpha value is -3.32. The second-order valence-electron chi connectivity index (χ2n) is 13.9. The summed E-state index contributed by atoms with van der Waals surface area (Å²) < 4.78 is 0. The zero-order valence-corrected chi connectivity index (χ0v) is 29.0. The molecule has 0 saturated heterocycles. The Balaban J connectivity index is 1.54. The minimum absolute atomic E-state index is 0.0489. The molecule has 0 amide bonds. The Morgan fingerprint density at radius 3 is 2.41 bits per heavy atom. The summed E-state index contributed by atoms with van der Waals surface area (Å²) in [5.41, 5.74) is 7.05. The summed E-state index contributed by atoms with van der Waals surface area (Å²) in [5.74, 6) is 0.407. The van der Waals surface area contributed by atoms with E-state index in [0.717, 1.165) is 31.0 Å². The van der Waals surface area contributed by atoms with Crippen molar-refractivity contribution in [3.63, 3.8) is 0 Å². The molecule has 4 rings (SSSR count). The van der Waals surface area contributed by atoms with Gasteiger partial charge < -0.3 is 4.90 Å². The molecule has 2 aliphatic rings. The van der Waals surface area contributed by atoms with Crippen LogP contribution in [-0.4, -0.2) is 6.54 Å². The van der Waals surface area contributed by atoms with Gasteiger partial charge in [-0.1, -0.05) is 147 Å². The van der Waals surface area contributed by atoms with Gasteiger partial charge in [-0.3, -0.25) is 0 Å². The van der Waals surface area contributed by atoms with Crippen LogP contribution in [0.2, 0.25) is 0 Å². The summed E-state index contributed by atoms with van der Waals surface area (Å²) in [7, 11) is 0. The maximum atomic E-state index is 4.39. The summed E-state index contributed by atoms with van der Waals surface area (Å²) in [6, 6.07) is 9.10. The van der Waals surface area contributed by atoms with Crippen LogP contribution >= 0.6 is 0 Å². The fourth-order valence-corrected chi connectivity index (χ4v) is 7.30. The molecule has 0 saturated carbocycles. The number of allylic oxidation sites excluding steroid dienone is 8. The normalized spacial score (nSPS) is 18.3. The predicted octanol–water partition coefficient (Wildman–Crippen LogP) is 8.79. The molecule has 1 unspecified atom stereocenters.